The van der Waals surface area contributed by atoms with E-state index in [1.54, 1.807) is 80.0 Å². The van der Waals surface area contributed by atoms with Crippen LogP contribution < -0.4 is 14.2 Å². The minimum absolute atomic E-state index is 0.350. The highest BCUT2D eigenvalue weighted by molar-refractivity contribution is 6.06. The van der Waals surface area contributed by atoms with Gasteiger partial charge in [-0.25, -0.2) is 14.4 Å². The van der Waals surface area contributed by atoms with E-state index in [2.05, 4.69) is 11.6 Å². The van der Waals surface area contributed by atoms with Crippen molar-refractivity contribution in [3.8, 4) is 17.2 Å². The molecule has 0 heterocycles. The van der Waals surface area contributed by atoms with E-state index in [0.29, 0.717) is 47.2 Å². The van der Waals surface area contributed by atoms with Crippen LogP contribution in [0, 0.1) is 6.92 Å². The first kappa shape index (κ1) is 31.7. The minimum Gasteiger partial charge on any atom is -0.494 e. The number of carbonyl (C=O) groups excluding carboxylic acids is 3. The van der Waals surface area contributed by atoms with Crippen LogP contribution in [0.25, 0.3) is 10.8 Å². The summed E-state index contributed by atoms with van der Waals surface area (Å²) in [4.78, 5) is 40.9. The summed E-state index contributed by atoms with van der Waals surface area (Å²) < 4.78 is 22.0. The molecular weight excluding hydrogens is 558 g/mol. The molecule has 0 saturated carbocycles. The predicted octanol–water partition coefficient (Wildman–Crippen LogP) is 7.30. The normalized spacial score (nSPS) is 10.9. The molecule has 0 aliphatic rings. The van der Waals surface area contributed by atoms with Gasteiger partial charge < -0.3 is 18.9 Å². The van der Waals surface area contributed by atoms with Crippen LogP contribution in [0.3, 0.4) is 0 Å². The van der Waals surface area contributed by atoms with Gasteiger partial charge in [0.2, 0.25) is 0 Å². The molecule has 0 saturated heterocycles. The summed E-state index contributed by atoms with van der Waals surface area (Å²) in [5, 5.41) is 1.55. The molecule has 0 radical (unpaired) electrons. The van der Waals surface area contributed by atoms with Gasteiger partial charge in [0.1, 0.15) is 17.2 Å². The molecule has 0 amide bonds. The summed E-state index contributed by atoms with van der Waals surface area (Å²) >= 11 is 0. The summed E-state index contributed by atoms with van der Waals surface area (Å²) in [7, 11) is 1.64. The molecule has 0 atom stereocenters. The Morgan fingerprint density at radius 3 is 2.11 bits per heavy atom. The number of unbranched alkanes of at least 4 members (excludes halogenated alkanes) is 3. The predicted molar refractivity (Wildman–Crippen MR) is 170 cm³/mol. The van der Waals surface area contributed by atoms with E-state index >= 15 is 0 Å². The molecule has 0 fully saturated rings. The van der Waals surface area contributed by atoms with E-state index in [1.165, 1.54) is 0 Å². The van der Waals surface area contributed by atoms with Crippen LogP contribution >= 0.6 is 0 Å². The van der Waals surface area contributed by atoms with Crippen molar-refractivity contribution in [2.24, 2.45) is 4.99 Å². The van der Waals surface area contributed by atoms with Crippen LogP contribution in [0.5, 0.6) is 17.2 Å². The van der Waals surface area contributed by atoms with Gasteiger partial charge in [0.25, 0.3) is 0 Å². The lowest BCUT2D eigenvalue weighted by Gasteiger charge is -2.12. The van der Waals surface area contributed by atoms with Crippen LogP contribution in [-0.4, -0.2) is 44.4 Å². The van der Waals surface area contributed by atoms with Gasteiger partial charge in [-0.15, -0.1) is 0 Å². The summed E-state index contributed by atoms with van der Waals surface area (Å²) in [5.41, 5.74) is 2.47. The first-order chi connectivity index (χ1) is 21.4. The van der Waals surface area contributed by atoms with Gasteiger partial charge in [0, 0.05) is 24.9 Å². The molecule has 8 nitrogen and oxygen atoms in total. The smallest absolute Gasteiger partial charge is 0.343 e. The highest BCUT2D eigenvalue weighted by Crippen LogP contribution is 2.29. The van der Waals surface area contributed by atoms with Crippen molar-refractivity contribution < 1.29 is 33.3 Å². The second-order valence-corrected chi connectivity index (χ2v) is 10.1. The molecule has 4 rings (SSSR count). The van der Waals surface area contributed by atoms with Crippen LogP contribution in [0.15, 0.2) is 96.5 Å². The lowest BCUT2D eigenvalue weighted by molar-refractivity contribution is -0.137. The SMILES string of the molecule is C=CC(=O)OCCCCCCOc1ccc(C(=O)Oc2ccc3cc(C(=O)Oc4ccc(C)cc4)ccc3c2C=NC)cc1. The van der Waals surface area contributed by atoms with Crippen LogP contribution in [0.4, 0.5) is 0 Å². The fraction of sp³-hybridized carbons (Fsp3) is 0.222. The molecule has 226 valence electrons. The quantitative estimate of drug-likeness (QED) is 0.0497. The molecule has 0 aromatic heterocycles. The number of rotatable bonds is 14. The maximum absolute atomic E-state index is 13.0. The molecule has 0 unspecified atom stereocenters. The summed E-state index contributed by atoms with van der Waals surface area (Å²) in [6.07, 6.45) is 6.32. The van der Waals surface area contributed by atoms with Gasteiger partial charge >= 0.3 is 17.9 Å². The fourth-order valence-corrected chi connectivity index (χ4v) is 4.41. The van der Waals surface area contributed by atoms with Crippen LogP contribution in [-0.2, 0) is 9.53 Å². The monoisotopic (exact) mass is 593 g/mol. The van der Waals surface area contributed by atoms with Gasteiger partial charge in [0.05, 0.1) is 24.3 Å². The zero-order valence-electron chi connectivity index (χ0n) is 24.9. The summed E-state index contributed by atoms with van der Waals surface area (Å²) in [5.74, 6) is 0.0936. The average molecular weight is 594 g/mol. The number of hydrogen-bond donors (Lipinski definition) is 0. The number of aryl methyl sites for hydroxylation is 1. The second kappa shape index (κ2) is 15.8. The highest BCUT2D eigenvalue weighted by atomic mass is 16.5. The van der Waals surface area contributed by atoms with Crippen molar-refractivity contribution in [2.45, 2.75) is 32.6 Å². The second-order valence-electron chi connectivity index (χ2n) is 10.1. The number of nitrogens with zero attached hydrogens (tertiary/aromatic N) is 1. The molecule has 8 heteroatoms. The number of carbonyl (C=O) groups is 3. The maximum atomic E-state index is 13.0. The lowest BCUT2D eigenvalue weighted by Crippen LogP contribution is -2.10. The van der Waals surface area contributed by atoms with Crippen molar-refractivity contribution in [1.82, 2.24) is 0 Å². The Labute approximate surface area is 256 Å². The van der Waals surface area contributed by atoms with E-state index < -0.39 is 17.9 Å². The van der Waals surface area contributed by atoms with Crippen molar-refractivity contribution in [1.29, 1.82) is 0 Å². The van der Waals surface area contributed by atoms with E-state index in [1.807, 2.05) is 19.1 Å². The summed E-state index contributed by atoms with van der Waals surface area (Å²) in [6, 6.07) is 22.7. The van der Waals surface area contributed by atoms with Gasteiger partial charge in [0.15, 0.2) is 0 Å². The molecule has 0 spiro atoms. The third kappa shape index (κ3) is 8.88. The number of aliphatic imine (C=N–C) groups is 1. The van der Waals surface area contributed by atoms with Gasteiger partial charge in [-0.2, -0.15) is 0 Å². The Hall–Kier alpha value is -5.24. The molecule has 0 bridgehead atoms. The van der Waals surface area contributed by atoms with Crippen LogP contribution in [0.2, 0.25) is 0 Å². The Bertz CT molecular complexity index is 1640. The van der Waals surface area contributed by atoms with Gasteiger partial charge in [-0.1, -0.05) is 36.4 Å². The third-order valence-electron chi connectivity index (χ3n) is 6.76. The first-order valence-corrected chi connectivity index (χ1v) is 14.4. The van der Waals surface area contributed by atoms with E-state index in [-0.39, 0.29) is 0 Å². The topological polar surface area (TPSA) is 100 Å². The number of benzene rings is 4. The Morgan fingerprint density at radius 2 is 1.41 bits per heavy atom. The Balaban J connectivity index is 1.34. The number of fused-ring (bicyclic) bond motifs is 1. The average Bonchev–Trinajstić information content (AvgIpc) is 3.04. The zero-order chi connectivity index (χ0) is 31.3. The number of esters is 3. The largest absolute Gasteiger partial charge is 0.494 e. The Morgan fingerprint density at radius 1 is 0.750 bits per heavy atom. The molecule has 44 heavy (non-hydrogen) atoms. The van der Waals surface area contributed by atoms with Crippen molar-refractivity contribution in [3.63, 3.8) is 0 Å². The van der Waals surface area contributed by atoms with E-state index in [0.717, 1.165) is 48.1 Å². The molecule has 0 aliphatic carbocycles. The first-order valence-electron chi connectivity index (χ1n) is 14.4. The standard InChI is InChI=1S/C36H35NO7/c1-4-34(38)42-22-8-6-5-7-21-41-29-17-11-26(12-18-29)35(39)44-33-20-14-27-23-28(13-19-31(27)32(33)24-37-3)36(40)43-30-15-9-25(2)10-16-30/h4,9-20,23-24H,1,5-8,21-22H2,2-3H3. The van der Waals surface area contributed by atoms with Gasteiger partial charge in [-0.3, -0.25) is 4.99 Å². The van der Waals surface area contributed by atoms with E-state index in [9.17, 15) is 14.4 Å². The van der Waals surface area contributed by atoms with Crippen molar-refractivity contribution in [2.75, 3.05) is 20.3 Å². The number of ether oxygens (including phenoxy) is 4. The van der Waals surface area contributed by atoms with Gasteiger partial charge in [-0.05, 0) is 98.0 Å². The molecule has 0 N–H and O–H groups in total. The molecule has 0 aliphatic heterocycles. The van der Waals surface area contributed by atoms with E-state index in [4.69, 9.17) is 18.9 Å². The van der Waals surface area contributed by atoms with Crippen LogP contribution in [0.1, 0.15) is 57.5 Å². The Kier molecular flexibility index (Phi) is 11.4. The molecular formula is C36H35NO7. The van der Waals surface area contributed by atoms with Crippen molar-refractivity contribution in [3.05, 3.63) is 114 Å². The lowest BCUT2D eigenvalue weighted by atomic mass is 10.0. The molecule has 4 aromatic carbocycles. The maximum Gasteiger partial charge on any atom is 0.343 e. The highest BCUT2D eigenvalue weighted by Gasteiger charge is 2.16. The number of hydrogen-bond acceptors (Lipinski definition) is 8. The molecule has 4 aromatic rings. The van der Waals surface area contributed by atoms with Crippen molar-refractivity contribution >= 4 is 34.9 Å². The minimum atomic E-state index is -0.517. The third-order valence-corrected chi connectivity index (χ3v) is 6.76. The summed E-state index contributed by atoms with van der Waals surface area (Å²) in [6.45, 7) is 6.26. The zero-order valence-corrected chi connectivity index (χ0v) is 24.9. The fourth-order valence-electron chi connectivity index (χ4n) is 4.41.